The van der Waals surface area contributed by atoms with E-state index in [0.29, 0.717) is 24.7 Å². The van der Waals surface area contributed by atoms with Crippen LogP contribution in [0.2, 0.25) is 0 Å². The number of hydrogen-bond acceptors (Lipinski definition) is 4. The number of ether oxygens (including phenoxy) is 2. The van der Waals surface area contributed by atoms with Crippen molar-refractivity contribution in [3.05, 3.63) is 54.1 Å². The predicted molar refractivity (Wildman–Crippen MR) is 87.2 cm³/mol. The third kappa shape index (κ3) is 3.33. The van der Waals surface area contributed by atoms with Gasteiger partial charge >= 0.3 is 0 Å². The number of fused-ring (bicyclic) bond motifs is 1. The molecule has 0 saturated carbocycles. The minimum Gasteiger partial charge on any atom is -0.486 e. The summed E-state index contributed by atoms with van der Waals surface area (Å²) in [5.74, 6) is 1.02. The average Bonchev–Trinajstić information content (AvgIpc) is 2.54. The van der Waals surface area contributed by atoms with E-state index in [1.165, 1.54) is 12.1 Å². The summed E-state index contributed by atoms with van der Waals surface area (Å²) in [7, 11) is -3.69. The highest BCUT2D eigenvalue weighted by molar-refractivity contribution is 7.89. The van der Waals surface area contributed by atoms with Crippen LogP contribution in [-0.4, -0.2) is 21.6 Å². The number of sulfonamides is 1. The molecule has 0 saturated heterocycles. The van der Waals surface area contributed by atoms with Crippen molar-refractivity contribution in [1.82, 2.24) is 4.72 Å². The lowest BCUT2D eigenvalue weighted by Crippen LogP contribution is -2.40. The zero-order valence-corrected chi connectivity index (χ0v) is 13.9. The molecule has 2 aromatic rings. The van der Waals surface area contributed by atoms with Crippen LogP contribution in [0.25, 0.3) is 0 Å². The highest BCUT2D eigenvalue weighted by atomic mass is 32.2. The van der Waals surface area contributed by atoms with Crippen LogP contribution in [0.5, 0.6) is 11.5 Å². The van der Waals surface area contributed by atoms with Crippen LogP contribution in [-0.2, 0) is 15.6 Å². The van der Waals surface area contributed by atoms with Crippen LogP contribution in [0.4, 0.5) is 0 Å². The fourth-order valence-corrected chi connectivity index (χ4v) is 3.92. The van der Waals surface area contributed by atoms with Gasteiger partial charge < -0.3 is 9.47 Å². The van der Waals surface area contributed by atoms with E-state index in [2.05, 4.69) is 4.72 Å². The Hall–Kier alpha value is -2.05. The van der Waals surface area contributed by atoms with Crippen LogP contribution >= 0.6 is 0 Å². The Bertz CT molecular complexity index is 801. The molecule has 23 heavy (non-hydrogen) atoms. The summed E-state index contributed by atoms with van der Waals surface area (Å²) in [5, 5.41) is 0. The van der Waals surface area contributed by atoms with Gasteiger partial charge in [0.15, 0.2) is 11.5 Å². The molecule has 0 unspecified atom stereocenters. The van der Waals surface area contributed by atoms with Crippen LogP contribution in [0.3, 0.4) is 0 Å². The molecule has 0 radical (unpaired) electrons. The molecule has 6 heteroatoms. The third-order valence-corrected chi connectivity index (χ3v) is 5.36. The molecule has 122 valence electrons. The predicted octanol–water partition coefficient (Wildman–Crippen LogP) is 2.67. The lowest BCUT2D eigenvalue weighted by molar-refractivity contribution is 0.171. The van der Waals surface area contributed by atoms with Crippen molar-refractivity contribution in [2.24, 2.45) is 0 Å². The van der Waals surface area contributed by atoms with E-state index in [-0.39, 0.29) is 4.90 Å². The Kier molecular flexibility index (Phi) is 4.04. The molecule has 3 rings (SSSR count). The van der Waals surface area contributed by atoms with Crippen LogP contribution in [0.15, 0.2) is 53.4 Å². The average molecular weight is 333 g/mol. The molecule has 2 aromatic carbocycles. The van der Waals surface area contributed by atoms with Gasteiger partial charge in [0.1, 0.15) is 13.2 Å². The number of nitrogens with one attached hydrogen (secondary N) is 1. The first-order chi connectivity index (χ1) is 10.9. The van der Waals surface area contributed by atoms with Crippen molar-refractivity contribution < 1.29 is 17.9 Å². The molecule has 0 spiro atoms. The zero-order valence-electron chi connectivity index (χ0n) is 13.1. The van der Waals surface area contributed by atoms with E-state index < -0.39 is 15.6 Å². The molecule has 1 heterocycles. The second kappa shape index (κ2) is 5.86. The molecule has 0 amide bonds. The molecule has 0 aromatic heterocycles. The van der Waals surface area contributed by atoms with E-state index in [9.17, 15) is 8.42 Å². The van der Waals surface area contributed by atoms with Gasteiger partial charge in [0.2, 0.25) is 10.0 Å². The Labute approximate surface area is 136 Å². The fraction of sp³-hybridized carbons (Fsp3) is 0.294. The molecule has 1 N–H and O–H groups in total. The number of rotatable bonds is 4. The fourth-order valence-electron chi connectivity index (χ4n) is 2.50. The van der Waals surface area contributed by atoms with Gasteiger partial charge in [0, 0.05) is 6.07 Å². The highest BCUT2D eigenvalue weighted by Gasteiger charge is 2.28. The van der Waals surface area contributed by atoms with Crippen LogP contribution in [0, 0.1) is 0 Å². The lowest BCUT2D eigenvalue weighted by atomic mass is 9.96. The van der Waals surface area contributed by atoms with Crippen molar-refractivity contribution in [3.63, 3.8) is 0 Å². The lowest BCUT2D eigenvalue weighted by Gasteiger charge is -2.27. The standard InChI is InChI=1S/C17H19NO4S/c1-17(2,13-6-4-3-5-7-13)18-23(19,20)14-8-9-15-16(12-14)22-11-10-21-15/h3-9,12,18H,10-11H2,1-2H3. The maximum absolute atomic E-state index is 12.7. The maximum atomic E-state index is 12.7. The summed E-state index contributed by atoms with van der Waals surface area (Å²) in [4.78, 5) is 0.158. The second-order valence-electron chi connectivity index (χ2n) is 5.90. The molecule has 0 bridgehead atoms. The van der Waals surface area contributed by atoms with Crippen molar-refractivity contribution in [2.45, 2.75) is 24.3 Å². The summed E-state index contributed by atoms with van der Waals surface area (Å²) in [6, 6.07) is 14.1. The Morgan fingerprint density at radius 1 is 0.957 bits per heavy atom. The van der Waals surface area contributed by atoms with E-state index in [1.807, 2.05) is 44.2 Å². The van der Waals surface area contributed by atoms with Crippen molar-refractivity contribution in [2.75, 3.05) is 13.2 Å². The van der Waals surface area contributed by atoms with Gasteiger partial charge in [-0.05, 0) is 31.5 Å². The molecule has 5 nitrogen and oxygen atoms in total. The van der Waals surface area contributed by atoms with Crippen molar-refractivity contribution >= 4 is 10.0 Å². The van der Waals surface area contributed by atoms with Gasteiger partial charge in [0.05, 0.1) is 10.4 Å². The minimum absolute atomic E-state index is 0.158. The van der Waals surface area contributed by atoms with E-state index in [1.54, 1.807) is 6.07 Å². The minimum atomic E-state index is -3.69. The monoisotopic (exact) mass is 333 g/mol. The Morgan fingerprint density at radius 3 is 2.30 bits per heavy atom. The summed E-state index contributed by atoms with van der Waals surface area (Å²) in [6.07, 6.45) is 0. The summed E-state index contributed by atoms with van der Waals surface area (Å²) < 4.78 is 39.0. The first kappa shape index (κ1) is 15.8. The quantitative estimate of drug-likeness (QED) is 0.934. The number of hydrogen-bond donors (Lipinski definition) is 1. The summed E-state index contributed by atoms with van der Waals surface area (Å²) in [6.45, 7) is 4.55. The van der Waals surface area contributed by atoms with E-state index >= 15 is 0 Å². The summed E-state index contributed by atoms with van der Waals surface area (Å²) >= 11 is 0. The van der Waals surface area contributed by atoms with Crippen LogP contribution < -0.4 is 14.2 Å². The normalized spacial score (nSPS) is 14.5. The van der Waals surface area contributed by atoms with Gasteiger partial charge in [0.25, 0.3) is 0 Å². The molecule has 1 aliphatic rings. The van der Waals surface area contributed by atoms with Crippen LogP contribution in [0.1, 0.15) is 19.4 Å². The molecule has 0 fully saturated rings. The number of benzene rings is 2. The Morgan fingerprint density at radius 2 is 1.61 bits per heavy atom. The second-order valence-corrected chi connectivity index (χ2v) is 7.58. The van der Waals surface area contributed by atoms with Gasteiger partial charge in [-0.1, -0.05) is 30.3 Å². The smallest absolute Gasteiger partial charge is 0.241 e. The van der Waals surface area contributed by atoms with Gasteiger partial charge in [-0.3, -0.25) is 0 Å². The highest BCUT2D eigenvalue weighted by Crippen LogP contribution is 2.33. The van der Waals surface area contributed by atoms with E-state index in [4.69, 9.17) is 9.47 Å². The van der Waals surface area contributed by atoms with Crippen molar-refractivity contribution in [3.8, 4) is 11.5 Å². The summed E-state index contributed by atoms with van der Waals surface area (Å²) in [5.41, 5.74) is 0.161. The third-order valence-electron chi connectivity index (χ3n) is 3.71. The first-order valence-corrected chi connectivity index (χ1v) is 8.86. The Balaban J connectivity index is 1.90. The molecule has 1 aliphatic heterocycles. The molecular formula is C17H19NO4S. The first-order valence-electron chi connectivity index (χ1n) is 7.38. The van der Waals surface area contributed by atoms with Gasteiger partial charge in [-0.25, -0.2) is 13.1 Å². The topological polar surface area (TPSA) is 64.6 Å². The zero-order chi connectivity index (χ0) is 16.5. The molecule has 0 aliphatic carbocycles. The molecule has 0 atom stereocenters. The van der Waals surface area contributed by atoms with Gasteiger partial charge in [-0.15, -0.1) is 0 Å². The van der Waals surface area contributed by atoms with Crippen molar-refractivity contribution in [1.29, 1.82) is 0 Å². The van der Waals surface area contributed by atoms with E-state index in [0.717, 1.165) is 5.56 Å². The van der Waals surface area contributed by atoms with Gasteiger partial charge in [-0.2, -0.15) is 0 Å². The maximum Gasteiger partial charge on any atom is 0.241 e. The largest absolute Gasteiger partial charge is 0.486 e. The SMILES string of the molecule is CC(C)(NS(=O)(=O)c1ccc2c(c1)OCCO2)c1ccccc1. The molecular weight excluding hydrogens is 314 g/mol.